The molecule has 1 rings (SSSR count). The molecule has 0 amide bonds. The van der Waals surface area contributed by atoms with Gasteiger partial charge in [0.25, 0.3) is 0 Å². The maximum Gasteiger partial charge on any atom is 0.303 e. The van der Waals surface area contributed by atoms with Crippen molar-refractivity contribution in [3.63, 3.8) is 0 Å². The van der Waals surface area contributed by atoms with Crippen LogP contribution in [0.5, 0.6) is 0 Å². The topological polar surface area (TPSA) is 98.0 Å². The van der Waals surface area contributed by atoms with Gasteiger partial charge in [0.15, 0.2) is 0 Å². The Hall–Kier alpha value is -1.69. The number of carboxylic acid groups (broad SMARTS) is 1. The van der Waals surface area contributed by atoms with E-state index >= 15 is 0 Å². The van der Waals surface area contributed by atoms with Crippen LogP contribution in [-0.4, -0.2) is 44.7 Å². The average Bonchev–Trinajstić information content (AvgIpc) is 2.90. The summed E-state index contributed by atoms with van der Waals surface area (Å²) in [6.07, 6.45) is 17.8. The standard InChI is InChI=1S/C22H34O5/c1-2-18-19(21(25)16-20(18)24)15-14-17(23)12-10-8-6-4-3-5-7-9-11-13-22(26)27/h3-4,7-10,14-15,17-21,23-25H,2,5-6,11-13,16H2,1H3,(H,26,27)/b4-3-,9-7-,10-8-,15-14+/t17-,18-,19+,20+,21-/m0/s1. The van der Waals surface area contributed by atoms with Crippen molar-refractivity contribution >= 4 is 5.97 Å². The fourth-order valence-corrected chi connectivity index (χ4v) is 3.37. The summed E-state index contributed by atoms with van der Waals surface area (Å²) >= 11 is 0. The van der Waals surface area contributed by atoms with Gasteiger partial charge in [0.1, 0.15) is 0 Å². The van der Waals surface area contributed by atoms with Gasteiger partial charge in [-0.15, -0.1) is 0 Å². The van der Waals surface area contributed by atoms with Gasteiger partial charge in [-0.05, 0) is 31.6 Å². The maximum atomic E-state index is 10.3. The van der Waals surface area contributed by atoms with Crippen molar-refractivity contribution in [1.82, 2.24) is 0 Å². The van der Waals surface area contributed by atoms with Crippen LogP contribution in [0.25, 0.3) is 0 Å². The highest BCUT2D eigenvalue weighted by molar-refractivity contribution is 5.66. The summed E-state index contributed by atoms with van der Waals surface area (Å²) in [6, 6.07) is 0. The largest absolute Gasteiger partial charge is 0.481 e. The Labute approximate surface area is 162 Å². The molecule has 152 valence electrons. The molecule has 0 saturated heterocycles. The smallest absolute Gasteiger partial charge is 0.303 e. The number of rotatable bonds is 12. The van der Waals surface area contributed by atoms with Gasteiger partial charge in [-0.25, -0.2) is 0 Å². The average molecular weight is 379 g/mol. The van der Waals surface area contributed by atoms with Crippen molar-refractivity contribution in [3.05, 3.63) is 48.6 Å². The first-order chi connectivity index (χ1) is 13.0. The summed E-state index contributed by atoms with van der Waals surface area (Å²) in [7, 11) is 0. The molecule has 0 spiro atoms. The van der Waals surface area contributed by atoms with Crippen LogP contribution in [0.15, 0.2) is 48.6 Å². The SMILES string of the molecule is CC[C@H]1[C@@H](/C=C/[C@@H](O)C/C=C\C/C=C\C/C=C\CCC(=O)O)[C@@H](O)C[C@H]1O. The molecule has 0 heterocycles. The number of aliphatic hydroxyl groups is 3. The molecule has 5 heteroatoms. The Morgan fingerprint density at radius 3 is 2.30 bits per heavy atom. The fraction of sp³-hybridized carbons (Fsp3) is 0.591. The number of carboxylic acids is 1. The lowest BCUT2D eigenvalue weighted by Crippen LogP contribution is -2.20. The highest BCUT2D eigenvalue weighted by atomic mass is 16.4. The maximum absolute atomic E-state index is 10.3. The first-order valence-corrected chi connectivity index (χ1v) is 9.85. The zero-order valence-corrected chi connectivity index (χ0v) is 16.2. The number of allylic oxidation sites excluding steroid dienone is 5. The van der Waals surface area contributed by atoms with Gasteiger partial charge in [-0.3, -0.25) is 4.79 Å². The van der Waals surface area contributed by atoms with Crippen LogP contribution < -0.4 is 0 Å². The fourth-order valence-electron chi connectivity index (χ4n) is 3.37. The van der Waals surface area contributed by atoms with E-state index < -0.39 is 24.3 Å². The molecular formula is C22H34O5. The van der Waals surface area contributed by atoms with Crippen LogP contribution in [0.1, 0.15) is 51.9 Å². The molecular weight excluding hydrogens is 344 g/mol. The van der Waals surface area contributed by atoms with Gasteiger partial charge in [0.05, 0.1) is 18.3 Å². The van der Waals surface area contributed by atoms with E-state index in [9.17, 15) is 20.1 Å². The quantitative estimate of drug-likeness (QED) is 0.390. The van der Waals surface area contributed by atoms with Crippen LogP contribution in [-0.2, 0) is 4.79 Å². The van der Waals surface area contributed by atoms with Gasteiger partial charge in [-0.2, -0.15) is 0 Å². The molecule has 5 nitrogen and oxygen atoms in total. The van der Waals surface area contributed by atoms with Gasteiger partial charge in [-0.1, -0.05) is 62.0 Å². The van der Waals surface area contributed by atoms with Crippen LogP contribution >= 0.6 is 0 Å². The Kier molecular flexibility index (Phi) is 11.7. The lowest BCUT2D eigenvalue weighted by molar-refractivity contribution is -0.136. The minimum Gasteiger partial charge on any atom is -0.481 e. The first kappa shape index (κ1) is 23.3. The van der Waals surface area contributed by atoms with E-state index in [2.05, 4.69) is 0 Å². The Morgan fingerprint density at radius 2 is 1.67 bits per heavy atom. The number of aliphatic hydroxyl groups excluding tert-OH is 3. The third-order valence-corrected chi connectivity index (χ3v) is 4.89. The predicted molar refractivity (Wildman–Crippen MR) is 107 cm³/mol. The zero-order chi connectivity index (χ0) is 20.1. The molecule has 0 radical (unpaired) electrons. The second-order valence-corrected chi connectivity index (χ2v) is 7.03. The highest BCUT2D eigenvalue weighted by Crippen LogP contribution is 2.35. The van der Waals surface area contributed by atoms with E-state index in [0.29, 0.717) is 19.3 Å². The summed E-state index contributed by atoms with van der Waals surface area (Å²) in [5, 5.41) is 38.5. The minimum absolute atomic E-state index is 0.0577. The van der Waals surface area contributed by atoms with Crippen molar-refractivity contribution in [2.75, 3.05) is 0 Å². The molecule has 0 aliphatic heterocycles. The van der Waals surface area contributed by atoms with Gasteiger partial charge in [0.2, 0.25) is 0 Å². The molecule has 0 bridgehead atoms. The third kappa shape index (κ3) is 9.70. The van der Waals surface area contributed by atoms with E-state index in [1.54, 1.807) is 6.08 Å². The lowest BCUT2D eigenvalue weighted by Gasteiger charge is -2.19. The molecule has 0 aromatic carbocycles. The van der Waals surface area contributed by atoms with Crippen LogP contribution in [0.2, 0.25) is 0 Å². The van der Waals surface area contributed by atoms with Crippen molar-refractivity contribution in [3.8, 4) is 0 Å². The molecule has 0 unspecified atom stereocenters. The molecule has 0 aromatic rings. The second-order valence-electron chi connectivity index (χ2n) is 7.03. The molecule has 1 aliphatic carbocycles. The van der Waals surface area contributed by atoms with Crippen molar-refractivity contribution in [2.45, 2.75) is 70.2 Å². The molecule has 5 atom stereocenters. The minimum atomic E-state index is -0.778. The Morgan fingerprint density at radius 1 is 1.04 bits per heavy atom. The summed E-state index contributed by atoms with van der Waals surface area (Å²) < 4.78 is 0. The molecule has 1 saturated carbocycles. The molecule has 1 aliphatic rings. The van der Waals surface area contributed by atoms with Crippen LogP contribution in [0.3, 0.4) is 0 Å². The molecule has 4 N–H and O–H groups in total. The zero-order valence-electron chi connectivity index (χ0n) is 16.2. The second kappa shape index (κ2) is 13.5. The first-order valence-electron chi connectivity index (χ1n) is 9.85. The summed E-state index contributed by atoms with van der Waals surface area (Å²) in [6.45, 7) is 2.01. The van der Waals surface area contributed by atoms with Crippen LogP contribution in [0.4, 0.5) is 0 Å². The van der Waals surface area contributed by atoms with Gasteiger partial charge >= 0.3 is 5.97 Å². The molecule has 27 heavy (non-hydrogen) atoms. The number of carbonyl (C=O) groups is 1. The molecule has 0 aromatic heterocycles. The predicted octanol–water partition coefficient (Wildman–Crippen LogP) is 3.38. The Bertz CT molecular complexity index is 535. The number of hydrogen-bond acceptors (Lipinski definition) is 4. The number of hydrogen-bond donors (Lipinski definition) is 4. The highest BCUT2D eigenvalue weighted by Gasteiger charge is 2.38. The van der Waals surface area contributed by atoms with Gasteiger partial charge in [0, 0.05) is 18.8 Å². The monoisotopic (exact) mass is 378 g/mol. The normalized spacial score (nSPS) is 27.6. The van der Waals surface area contributed by atoms with E-state index in [0.717, 1.165) is 19.3 Å². The molecule has 1 fully saturated rings. The van der Waals surface area contributed by atoms with E-state index in [-0.39, 0.29) is 18.3 Å². The van der Waals surface area contributed by atoms with Crippen LogP contribution in [0, 0.1) is 11.8 Å². The summed E-state index contributed by atoms with van der Waals surface area (Å²) in [4.78, 5) is 10.3. The van der Waals surface area contributed by atoms with E-state index in [1.165, 1.54) is 0 Å². The summed E-state index contributed by atoms with van der Waals surface area (Å²) in [5.74, 6) is -0.808. The van der Waals surface area contributed by atoms with Gasteiger partial charge < -0.3 is 20.4 Å². The lowest BCUT2D eigenvalue weighted by atomic mass is 9.90. The number of aliphatic carboxylic acids is 1. The third-order valence-electron chi connectivity index (χ3n) is 4.89. The summed E-state index contributed by atoms with van der Waals surface area (Å²) in [5.41, 5.74) is 0. The van der Waals surface area contributed by atoms with E-state index in [4.69, 9.17) is 5.11 Å². The van der Waals surface area contributed by atoms with E-state index in [1.807, 2.05) is 49.5 Å². The van der Waals surface area contributed by atoms with Crippen molar-refractivity contribution < 1.29 is 25.2 Å². The Balaban J connectivity index is 2.21. The van der Waals surface area contributed by atoms with Crippen molar-refractivity contribution in [1.29, 1.82) is 0 Å². The van der Waals surface area contributed by atoms with Crippen molar-refractivity contribution in [2.24, 2.45) is 11.8 Å².